The molecule has 3 atom stereocenters. The first kappa shape index (κ1) is 11.4. The van der Waals surface area contributed by atoms with Crippen LogP contribution in [0.25, 0.3) is 0 Å². The van der Waals surface area contributed by atoms with Gasteiger partial charge in [0.15, 0.2) is 6.29 Å². The third-order valence-corrected chi connectivity index (χ3v) is 1.37. The molecule has 1 N–H and O–H groups in total. The van der Waals surface area contributed by atoms with Gasteiger partial charge in [0.1, 0.15) is 6.10 Å². The van der Waals surface area contributed by atoms with Crippen LogP contribution in [0.2, 0.25) is 0 Å². The van der Waals surface area contributed by atoms with E-state index in [0.717, 1.165) is 0 Å². The van der Waals surface area contributed by atoms with Crippen molar-refractivity contribution in [3.63, 3.8) is 0 Å². The first-order valence-corrected chi connectivity index (χ1v) is 3.56. The number of hydrogen-bond donors (Lipinski definition) is 1. The molecule has 0 amide bonds. The zero-order valence-corrected chi connectivity index (χ0v) is 7.31. The fourth-order valence-corrected chi connectivity index (χ4v) is 0.694. The predicted octanol–water partition coefficient (Wildman–Crippen LogP) is -1.51. The van der Waals surface area contributed by atoms with E-state index in [1.807, 2.05) is 0 Å². The molecule has 0 aliphatic heterocycles. The van der Waals surface area contributed by atoms with Gasteiger partial charge in [-0.2, -0.15) is 0 Å². The Labute approximate surface area is 70.9 Å². The maximum absolute atomic E-state index is 10.4. The summed E-state index contributed by atoms with van der Waals surface area (Å²) in [7, 11) is 1.35. The molecule has 5 nitrogen and oxygen atoms in total. The summed E-state index contributed by atoms with van der Waals surface area (Å²) in [5.41, 5.74) is 0. The molecule has 0 radical (unpaired) electrons. The molecular formula is C7H13O5-. The van der Waals surface area contributed by atoms with E-state index >= 15 is 0 Å². The maximum Gasteiger partial charge on any atom is 0.152 e. The van der Waals surface area contributed by atoms with Crippen molar-refractivity contribution < 1.29 is 24.5 Å². The van der Waals surface area contributed by atoms with Crippen LogP contribution in [0.5, 0.6) is 0 Å². The first-order valence-electron chi connectivity index (χ1n) is 3.56. The van der Waals surface area contributed by atoms with Crippen molar-refractivity contribution in [2.24, 2.45) is 0 Å². The lowest BCUT2D eigenvalue weighted by molar-refractivity contribution is -0.326. The van der Waals surface area contributed by atoms with E-state index in [1.165, 1.54) is 21.0 Å². The SMILES string of the molecule is COC(C)C(OC(C)O)C(=O)[O-]. The monoisotopic (exact) mass is 177 g/mol. The summed E-state index contributed by atoms with van der Waals surface area (Å²) in [4.78, 5) is 10.4. The molecule has 0 bridgehead atoms. The quantitative estimate of drug-likeness (QED) is 0.517. The Hall–Kier alpha value is -0.650. The van der Waals surface area contributed by atoms with Crippen LogP contribution in [0.3, 0.4) is 0 Å². The standard InChI is InChI=1S/C7H14O5/c1-4(11-3)6(7(9)10)12-5(2)8/h4-6,8H,1-3H3,(H,9,10)/p-1. The van der Waals surface area contributed by atoms with Crippen LogP contribution in [-0.4, -0.2) is 36.7 Å². The van der Waals surface area contributed by atoms with Gasteiger partial charge < -0.3 is 24.5 Å². The average Bonchev–Trinajstić information content (AvgIpc) is 1.98. The number of hydrogen-bond acceptors (Lipinski definition) is 5. The molecule has 0 rings (SSSR count). The fraction of sp³-hybridized carbons (Fsp3) is 0.857. The molecule has 0 heterocycles. The highest BCUT2D eigenvalue weighted by atomic mass is 16.6. The van der Waals surface area contributed by atoms with Crippen molar-refractivity contribution >= 4 is 5.97 Å². The average molecular weight is 177 g/mol. The number of carbonyl (C=O) groups is 1. The third-order valence-electron chi connectivity index (χ3n) is 1.37. The molecule has 72 valence electrons. The van der Waals surface area contributed by atoms with E-state index in [9.17, 15) is 9.90 Å². The van der Waals surface area contributed by atoms with Crippen LogP contribution in [0.1, 0.15) is 13.8 Å². The molecule has 5 heteroatoms. The van der Waals surface area contributed by atoms with Crippen molar-refractivity contribution in [1.29, 1.82) is 0 Å². The minimum absolute atomic E-state index is 0.649. The van der Waals surface area contributed by atoms with Crippen molar-refractivity contribution in [3.8, 4) is 0 Å². The lowest BCUT2D eigenvalue weighted by Crippen LogP contribution is -2.46. The molecule has 12 heavy (non-hydrogen) atoms. The zero-order valence-electron chi connectivity index (χ0n) is 7.31. The van der Waals surface area contributed by atoms with E-state index in [1.54, 1.807) is 0 Å². The van der Waals surface area contributed by atoms with Crippen LogP contribution in [0.15, 0.2) is 0 Å². The van der Waals surface area contributed by atoms with Crippen LogP contribution in [0, 0.1) is 0 Å². The van der Waals surface area contributed by atoms with Crippen LogP contribution in [-0.2, 0) is 14.3 Å². The normalized spacial score (nSPS) is 18.3. The van der Waals surface area contributed by atoms with Crippen LogP contribution in [0.4, 0.5) is 0 Å². The van der Waals surface area contributed by atoms with E-state index in [4.69, 9.17) is 9.84 Å². The number of carboxylic acids is 1. The van der Waals surface area contributed by atoms with Gasteiger partial charge in [0.05, 0.1) is 12.1 Å². The molecule has 0 aromatic rings. The topological polar surface area (TPSA) is 78.8 Å². The Kier molecular flexibility index (Phi) is 4.80. The second-order valence-corrected chi connectivity index (χ2v) is 2.42. The zero-order chi connectivity index (χ0) is 9.72. The van der Waals surface area contributed by atoms with Crippen molar-refractivity contribution in [2.45, 2.75) is 32.3 Å². The van der Waals surface area contributed by atoms with Gasteiger partial charge >= 0.3 is 0 Å². The summed E-state index contributed by atoms with van der Waals surface area (Å²) < 4.78 is 9.35. The van der Waals surface area contributed by atoms with Crippen molar-refractivity contribution in [2.75, 3.05) is 7.11 Å². The number of ether oxygens (including phenoxy) is 2. The molecule has 0 aliphatic carbocycles. The highest BCUT2D eigenvalue weighted by molar-refractivity contribution is 5.70. The van der Waals surface area contributed by atoms with Crippen LogP contribution < -0.4 is 5.11 Å². The van der Waals surface area contributed by atoms with E-state index in [0.29, 0.717) is 0 Å². The van der Waals surface area contributed by atoms with Crippen molar-refractivity contribution in [3.05, 3.63) is 0 Å². The number of carboxylic acid groups (broad SMARTS) is 1. The van der Waals surface area contributed by atoms with E-state index < -0.39 is 24.5 Å². The van der Waals surface area contributed by atoms with Gasteiger partial charge in [-0.05, 0) is 13.8 Å². The number of aliphatic hydroxyl groups is 1. The van der Waals surface area contributed by atoms with Gasteiger partial charge in [-0.3, -0.25) is 0 Å². The van der Waals surface area contributed by atoms with Crippen molar-refractivity contribution in [1.82, 2.24) is 0 Å². The fourth-order valence-electron chi connectivity index (χ4n) is 0.694. The Morgan fingerprint density at radius 1 is 1.50 bits per heavy atom. The molecule has 0 saturated carbocycles. The van der Waals surface area contributed by atoms with Crippen LogP contribution >= 0.6 is 0 Å². The minimum Gasteiger partial charge on any atom is -0.547 e. The molecule has 3 unspecified atom stereocenters. The molecule has 0 saturated heterocycles. The Balaban J connectivity index is 4.13. The maximum atomic E-state index is 10.4. The number of aliphatic carboxylic acids is 1. The second kappa shape index (κ2) is 5.08. The third kappa shape index (κ3) is 3.66. The molecule has 0 aromatic carbocycles. The number of methoxy groups -OCH3 is 1. The lowest BCUT2D eigenvalue weighted by atomic mass is 10.2. The Morgan fingerprint density at radius 2 is 2.00 bits per heavy atom. The number of rotatable bonds is 5. The molecule has 0 spiro atoms. The van der Waals surface area contributed by atoms with Gasteiger partial charge in [0.25, 0.3) is 0 Å². The predicted molar refractivity (Wildman–Crippen MR) is 38.0 cm³/mol. The molecule has 0 aromatic heterocycles. The van der Waals surface area contributed by atoms with Gasteiger partial charge in [-0.15, -0.1) is 0 Å². The smallest absolute Gasteiger partial charge is 0.152 e. The van der Waals surface area contributed by atoms with Gasteiger partial charge in [-0.1, -0.05) is 0 Å². The van der Waals surface area contributed by atoms with Gasteiger partial charge in [0.2, 0.25) is 0 Å². The van der Waals surface area contributed by atoms with E-state index in [-0.39, 0.29) is 0 Å². The summed E-state index contributed by atoms with van der Waals surface area (Å²) in [6, 6.07) is 0. The summed E-state index contributed by atoms with van der Waals surface area (Å²) in [5.74, 6) is -1.40. The summed E-state index contributed by atoms with van der Waals surface area (Å²) in [6.07, 6.45) is -3.04. The highest BCUT2D eigenvalue weighted by Gasteiger charge is 2.20. The highest BCUT2D eigenvalue weighted by Crippen LogP contribution is 2.04. The summed E-state index contributed by atoms with van der Waals surface area (Å²) >= 11 is 0. The molecule has 0 aliphatic rings. The Morgan fingerprint density at radius 3 is 2.25 bits per heavy atom. The lowest BCUT2D eigenvalue weighted by Gasteiger charge is -2.25. The van der Waals surface area contributed by atoms with Gasteiger partial charge in [0, 0.05) is 7.11 Å². The largest absolute Gasteiger partial charge is 0.547 e. The minimum atomic E-state index is -1.40. The molecular weight excluding hydrogens is 164 g/mol. The van der Waals surface area contributed by atoms with E-state index in [2.05, 4.69) is 4.74 Å². The second-order valence-electron chi connectivity index (χ2n) is 2.42. The van der Waals surface area contributed by atoms with Gasteiger partial charge in [-0.25, -0.2) is 0 Å². The first-order chi connectivity index (χ1) is 5.49. The number of carbonyl (C=O) groups excluding carboxylic acids is 1. The number of aliphatic hydroxyl groups excluding tert-OH is 1. The summed E-state index contributed by atoms with van der Waals surface area (Å²) in [5, 5.41) is 19.2. The molecule has 0 fully saturated rings. The Bertz CT molecular complexity index is 145. The summed E-state index contributed by atoms with van der Waals surface area (Å²) in [6.45, 7) is 2.83.